The van der Waals surface area contributed by atoms with Crippen LogP contribution in [0.5, 0.6) is 0 Å². The summed E-state index contributed by atoms with van der Waals surface area (Å²) in [5, 5.41) is 9.08. The molecule has 0 aliphatic heterocycles. The van der Waals surface area contributed by atoms with Gasteiger partial charge in [-0.2, -0.15) is 13.2 Å². The second kappa shape index (κ2) is 6.72. The number of carbonyl (C=O) groups excluding carboxylic acids is 1. The zero-order valence-electron chi connectivity index (χ0n) is 14.3. The number of aryl methyl sites for hydroxylation is 1. The molecule has 0 aromatic heterocycles. The Morgan fingerprint density at radius 3 is 2.33 bits per heavy atom. The number of hydrogen-bond donors (Lipinski definition) is 2. The number of rotatable bonds is 4. The highest BCUT2D eigenvalue weighted by Gasteiger charge is 2.50. The Balaban J connectivity index is 1.99. The molecule has 0 amide bonds. The summed E-state index contributed by atoms with van der Waals surface area (Å²) in [6.07, 6.45) is -6.80. The van der Waals surface area contributed by atoms with Crippen molar-refractivity contribution in [3.05, 3.63) is 53.6 Å². The first kappa shape index (κ1) is 18.9. The van der Waals surface area contributed by atoms with Crippen LogP contribution in [0.4, 0.5) is 18.9 Å². The zero-order valence-corrected chi connectivity index (χ0v) is 14.3. The number of fused-ring (bicyclic) bond motifs is 1. The van der Waals surface area contributed by atoms with Gasteiger partial charge in [-0.25, -0.2) is 0 Å². The number of aliphatic carboxylic acids is 1. The van der Waals surface area contributed by atoms with Crippen LogP contribution in [0.2, 0.25) is 0 Å². The largest absolute Gasteiger partial charge is 0.481 e. The Morgan fingerprint density at radius 2 is 1.74 bits per heavy atom. The third-order valence-electron chi connectivity index (χ3n) is 4.98. The number of nitrogens with two attached hydrogens (primary N) is 1. The summed E-state index contributed by atoms with van der Waals surface area (Å²) in [7, 11) is 0. The molecule has 0 spiro atoms. The maximum absolute atomic E-state index is 13.0. The van der Waals surface area contributed by atoms with E-state index < -0.39 is 36.2 Å². The van der Waals surface area contributed by atoms with Gasteiger partial charge in [-0.15, -0.1) is 0 Å². The van der Waals surface area contributed by atoms with Crippen molar-refractivity contribution >= 4 is 17.4 Å². The summed E-state index contributed by atoms with van der Waals surface area (Å²) < 4.78 is 39.1. The van der Waals surface area contributed by atoms with Crippen LogP contribution in [0.3, 0.4) is 0 Å². The standard InChI is InChI=1S/C20H18F3NO3/c21-20(22,23)11-19(10-17(25)26)8-7-14-9-13(3-6-16(14)18(19)27)12-1-4-15(24)5-2-12/h1-6,9H,7-8,10-11,24H2,(H,25,26). The van der Waals surface area contributed by atoms with Gasteiger partial charge in [0.2, 0.25) is 0 Å². The summed E-state index contributed by atoms with van der Waals surface area (Å²) in [5.74, 6) is -2.15. The Morgan fingerprint density at radius 1 is 1.11 bits per heavy atom. The number of benzene rings is 2. The lowest BCUT2D eigenvalue weighted by Gasteiger charge is -2.36. The molecule has 0 saturated carbocycles. The van der Waals surface area contributed by atoms with E-state index in [0.717, 1.165) is 11.1 Å². The third-order valence-corrected chi connectivity index (χ3v) is 4.98. The van der Waals surface area contributed by atoms with Crippen molar-refractivity contribution in [3.63, 3.8) is 0 Å². The first-order chi connectivity index (χ1) is 12.6. The van der Waals surface area contributed by atoms with Gasteiger partial charge in [0.05, 0.1) is 18.3 Å². The molecule has 142 valence electrons. The molecule has 3 rings (SSSR count). The highest BCUT2D eigenvalue weighted by Crippen LogP contribution is 2.46. The normalized spacial score (nSPS) is 19.6. The molecule has 2 aromatic carbocycles. The fraction of sp³-hybridized carbons (Fsp3) is 0.300. The van der Waals surface area contributed by atoms with Crippen molar-refractivity contribution in [1.29, 1.82) is 0 Å². The molecule has 0 bridgehead atoms. The number of hydrogen-bond acceptors (Lipinski definition) is 3. The molecule has 1 aliphatic rings. The van der Waals surface area contributed by atoms with Crippen molar-refractivity contribution in [2.24, 2.45) is 5.41 Å². The molecule has 1 atom stereocenters. The first-order valence-corrected chi connectivity index (χ1v) is 8.42. The van der Waals surface area contributed by atoms with Gasteiger partial charge in [0.15, 0.2) is 5.78 Å². The highest BCUT2D eigenvalue weighted by atomic mass is 19.4. The number of carboxylic acid groups (broad SMARTS) is 1. The second-order valence-electron chi connectivity index (χ2n) is 6.97. The lowest BCUT2D eigenvalue weighted by atomic mass is 9.66. The minimum absolute atomic E-state index is 0.143. The lowest BCUT2D eigenvalue weighted by Crippen LogP contribution is -2.41. The molecule has 2 aromatic rings. The van der Waals surface area contributed by atoms with Crippen molar-refractivity contribution in [3.8, 4) is 11.1 Å². The lowest BCUT2D eigenvalue weighted by molar-refractivity contribution is -0.160. The number of nitrogen functional groups attached to an aromatic ring is 1. The molecule has 0 saturated heterocycles. The van der Waals surface area contributed by atoms with Gasteiger partial charge < -0.3 is 10.8 Å². The van der Waals surface area contributed by atoms with E-state index in [-0.39, 0.29) is 18.4 Å². The minimum Gasteiger partial charge on any atom is -0.481 e. The van der Waals surface area contributed by atoms with Gasteiger partial charge in [-0.05, 0) is 41.7 Å². The zero-order chi connectivity index (χ0) is 19.8. The van der Waals surface area contributed by atoms with Gasteiger partial charge in [0, 0.05) is 11.3 Å². The third kappa shape index (κ3) is 3.97. The summed E-state index contributed by atoms with van der Waals surface area (Å²) in [5.41, 5.74) is 6.84. The van der Waals surface area contributed by atoms with E-state index in [1.165, 1.54) is 6.07 Å². The van der Waals surface area contributed by atoms with Gasteiger partial charge in [0.25, 0.3) is 0 Å². The van der Waals surface area contributed by atoms with E-state index in [2.05, 4.69) is 0 Å². The smallest absolute Gasteiger partial charge is 0.390 e. The molecule has 1 aliphatic carbocycles. The molecule has 0 fully saturated rings. The van der Waals surface area contributed by atoms with E-state index in [9.17, 15) is 22.8 Å². The average Bonchev–Trinajstić information content (AvgIpc) is 2.57. The molecule has 27 heavy (non-hydrogen) atoms. The maximum atomic E-state index is 13.0. The van der Waals surface area contributed by atoms with Crippen molar-refractivity contribution in [1.82, 2.24) is 0 Å². The monoisotopic (exact) mass is 377 g/mol. The van der Waals surface area contributed by atoms with Crippen LogP contribution in [-0.2, 0) is 11.2 Å². The van der Waals surface area contributed by atoms with Crippen LogP contribution in [0.15, 0.2) is 42.5 Å². The van der Waals surface area contributed by atoms with Crippen molar-refractivity contribution in [2.45, 2.75) is 31.9 Å². The van der Waals surface area contributed by atoms with Crippen LogP contribution >= 0.6 is 0 Å². The summed E-state index contributed by atoms with van der Waals surface area (Å²) >= 11 is 0. The van der Waals surface area contributed by atoms with Crippen LogP contribution in [-0.4, -0.2) is 23.0 Å². The average molecular weight is 377 g/mol. The summed E-state index contributed by atoms with van der Waals surface area (Å²) in [6, 6.07) is 12.0. The number of carboxylic acids is 1. The number of anilines is 1. The molecule has 7 heteroatoms. The van der Waals surface area contributed by atoms with Crippen LogP contribution in [0.1, 0.15) is 35.2 Å². The summed E-state index contributed by atoms with van der Waals surface area (Å²) in [4.78, 5) is 24.0. The van der Waals surface area contributed by atoms with E-state index in [0.29, 0.717) is 11.3 Å². The van der Waals surface area contributed by atoms with E-state index >= 15 is 0 Å². The van der Waals surface area contributed by atoms with Gasteiger partial charge in [0.1, 0.15) is 0 Å². The second-order valence-corrected chi connectivity index (χ2v) is 6.97. The fourth-order valence-electron chi connectivity index (χ4n) is 3.72. The highest BCUT2D eigenvalue weighted by molar-refractivity contribution is 6.04. The Bertz CT molecular complexity index is 890. The van der Waals surface area contributed by atoms with E-state index in [4.69, 9.17) is 10.8 Å². The van der Waals surface area contributed by atoms with Crippen molar-refractivity contribution in [2.75, 3.05) is 5.73 Å². The Kier molecular flexibility index (Phi) is 4.71. The molecular weight excluding hydrogens is 359 g/mol. The van der Waals surface area contributed by atoms with Crippen molar-refractivity contribution < 1.29 is 27.9 Å². The predicted octanol–water partition coefficient (Wildman–Crippen LogP) is 4.48. The molecule has 0 radical (unpaired) electrons. The SMILES string of the molecule is Nc1ccc(-c2ccc3c(c2)CCC(CC(=O)O)(CC(F)(F)F)C3=O)cc1. The van der Waals surface area contributed by atoms with Gasteiger partial charge >= 0.3 is 12.1 Å². The number of alkyl halides is 3. The number of Topliss-reactive ketones (excluding diaryl/α,β-unsaturated/α-hetero) is 1. The van der Waals surface area contributed by atoms with Crippen LogP contribution in [0.25, 0.3) is 11.1 Å². The van der Waals surface area contributed by atoms with E-state index in [1.807, 2.05) is 12.1 Å². The number of ketones is 1. The molecule has 1 unspecified atom stereocenters. The topological polar surface area (TPSA) is 80.4 Å². The molecular formula is C20H18F3NO3. The van der Waals surface area contributed by atoms with Crippen LogP contribution in [0, 0.1) is 5.41 Å². The molecule has 4 nitrogen and oxygen atoms in total. The van der Waals surface area contributed by atoms with Crippen LogP contribution < -0.4 is 5.73 Å². The van der Waals surface area contributed by atoms with Gasteiger partial charge in [-0.3, -0.25) is 9.59 Å². The minimum atomic E-state index is -4.62. The summed E-state index contributed by atoms with van der Waals surface area (Å²) in [6.45, 7) is 0. The quantitative estimate of drug-likeness (QED) is 0.770. The van der Waals surface area contributed by atoms with E-state index in [1.54, 1.807) is 24.3 Å². The molecule has 0 heterocycles. The maximum Gasteiger partial charge on any atom is 0.390 e. The first-order valence-electron chi connectivity index (χ1n) is 8.42. The Labute approximate surface area is 153 Å². The Hall–Kier alpha value is -2.83. The molecule has 3 N–H and O–H groups in total. The number of carbonyl (C=O) groups is 2. The van der Waals surface area contributed by atoms with Gasteiger partial charge in [-0.1, -0.05) is 30.3 Å². The predicted molar refractivity (Wildman–Crippen MR) is 94.3 cm³/mol. The fourth-order valence-corrected chi connectivity index (χ4v) is 3.72. The number of halogens is 3.